The number of rotatable bonds is 6. The summed E-state index contributed by atoms with van der Waals surface area (Å²) in [4.78, 5) is 17.7. The summed E-state index contributed by atoms with van der Waals surface area (Å²) in [5.41, 5.74) is -0.494. The van der Waals surface area contributed by atoms with Crippen molar-refractivity contribution in [3.8, 4) is 0 Å². The van der Waals surface area contributed by atoms with Gasteiger partial charge in [0.2, 0.25) is 0 Å². The van der Waals surface area contributed by atoms with E-state index in [0.717, 1.165) is 0 Å². The zero-order valence-electron chi connectivity index (χ0n) is 14.0. The van der Waals surface area contributed by atoms with Crippen LogP contribution in [0.3, 0.4) is 0 Å². The van der Waals surface area contributed by atoms with Gasteiger partial charge in [0.1, 0.15) is 5.82 Å². The smallest absolute Gasteiger partial charge is 0.312 e. The highest BCUT2D eigenvalue weighted by Gasteiger charge is 2.48. The zero-order chi connectivity index (χ0) is 18.0. The molecule has 1 fully saturated rings. The lowest BCUT2D eigenvalue weighted by molar-refractivity contribution is -0.159. The fraction of sp³-hybridized carbons (Fsp3) is 0.625. The van der Waals surface area contributed by atoms with E-state index in [9.17, 15) is 23.4 Å². The fourth-order valence-corrected chi connectivity index (χ4v) is 4.05. The van der Waals surface area contributed by atoms with Crippen molar-refractivity contribution in [3.05, 3.63) is 23.9 Å². The van der Waals surface area contributed by atoms with Crippen LogP contribution in [0.4, 0.5) is 5.82 Å². The molecule has 2 N–H and O–H groups in total. The summed E-state index contributed by atoms with van der Waals surface area (Å²) in [5, 5.41) is 20.0. The predicted octanol–water partition coefficient (Wildman–Crippen LogP) is 1.07. The van der Waals surface area contributed by atoms with Gasteiger partial charge < -0.3 is 15.1 Å². The van der Waals surface area contributed by atoms with Crippen LogP contribution in [0.2, 0.25) is 0 Å². The molecule has 0 bridgehead atoms. The zero-order valence-corrected chi connectivity index (χ0v) is 14.8. The van der Waals surface area contributed by atoms with E-state index < -0.39 is 27.3 Å². The Morgan fingerprint density at radius 3 is 2.62 bits per heavy atom. The van der Waals surface area contributed by atoms with Crippen molar-refractivity contribution in [2.24, 2.45) is 5.41 Å². The van der Waals surface area contributed by atoms with Crippen LogP contribution in [0.5, 0.6) is 0 Å². The number of aliphatic hydroxyl groups is 1. The van der Waals surface area contributed by atoms with Gasteiger partial charge in [-0.3, -0.25) is 4.79 Å². The number of aromatic nitrogens is 1. The van der Waals surface area contributed by atoms with Crippen molar-refractivity contribution < 1.29 is 23.4 Å². The number of β-amino-alcohol motifs (C(OH)–C–C–N with tert-alkyl or cyclic N) is 1. The highest BCUT2D eigenvalue weighted by atomic mass is 32.2. The minimum atomic E-state index is -3.11. The minimum absolute atomic E-state index is 0.0679. The third kappa shape index (κ3) is 4.05. The number of hydrogen-bond acceptors (Lipinski definition) is 6. The van der Waals surface area contributed by atoms with Gasteiger partial charge in [-0.25, -0.2) is 13.4 Å². The molecule has 0 spiro atoms. The fourth-order valence-electron chi connectivity index (χ4n) is 3.27. The van der Waals surface area contributed by atoms with Crippen molar-refractivity contribution >= 4 is 21.6 Å². The Morgan fingerprint density at radius 1 is 1.46 bits per heavy atom. The van der Waals surface area contributed by atoms with E-state index in [1.54, 1.807) is 12.1 Å². The molecule has 1 aromatic rings. The molecule has 1 aromatic heterocycles. The number of aliphatic hydroxyl groups excluding tert-OH is 1. The molecule has 1 saturated heterocycles. The van der Waals surface area contributed by atoms with Crippen LogP contribution in [0.1, 0.15) is 31.7 Å². The number of anilines is 1. The Labute approximate surface area is 142 Å². The highest BCUT2D eigenvalue weighted by molar-refractivity contribution is 7.89. The van der Waals surface area contributed by atoms with Gasteiger partial charge >= 0.3 is 5.97 Å². The maximum Gasteiger partial charge on any atom is 0.312 e. The predicted molar refractivity (Wildman–Crippen MR) is 90.6 cm³/mol. The van der Waals surface area contributed by atoms with Crippen LogP contribution in [0, 0.1) is 5.41 Å². The van der Waals surface area contributed by atoms with Crippen molar-refractivity contribution in [3.63, 3.8) is 0 Å². The molecular weight excluding hydrogens is 332 g/mol. The lowest BCUT2D eigenvalue weighted by Crippen LogP contribution is -2.55. The molecule has 0 aromatic carbocycles. The quantitative estimate of drug-likeness (QED) is 0.785. The number of sulfone groups is 1. The van der Waals surface area contributed by atoms with E-state index in [2.05, 4.69) is 4.98 Å². The van der Waals surface area contributed by atoms with Gasteiger partial charge in [-0.05, 0) is 24.5 Å². The molecule has 2 rings (SSSR count). The first-order valence-corrected chi connectivity index (χ1v) is 10.0. The minimum Gasteiger partial charge on any atom is -0.481 e. The molecule has 8 heteroatoms. The van der Waals surface area contributed by atoms with Crippen molar-refractivity contribution in [2.45, 2.75) is 38.0 Å². The number of pyridine rings is 1. The molecule has 24 heavy (non-hydrogen) atoms. The second-order valence-corrected chi connectivity index (χ2v) is 8.66. The van der Waals surface area contributed by atoms with Crippen LogP contribution in [-0.4, -0.2) is 55.0 Å². The monoisotopic (exact) mass is 356 g/mol. The molecule has 2 atom stereocenters. The molecule has 1 aliphatic rings. The summed E-state index contributed by atoms with van der Waals surface area (Å²) in [6.45, 7) is 2.60. The van der Waals surface area contributed by atoms with Gasteiger partial charge in [-0.15, -0.1) is 0 Å². The number of carbonyl (C=O) groups is 1. The number of piperidine rings is 1. The van der Waals surface area contributed by atoms with Crippen molar-refractivity contribution in [1.29, 1.82) is 0 Å². The van der Waals surface area contributed by atoms with Crippen molar-refractivity contribution in [1.82, 2.24) is 4.98 Å². The second kappa shape index (κ2) is 7.06. The number of hydrogen-bond donors (Lipinski definition) is 2. The summed E-state index contributed by atoms with van der Waals surface area (Å²) in [6, 6.07) is 3.40. The first-order chi connectivity index (χ1) is 11.2. The maximum absolute atomic E-state index is 11.6. The topological polar surface area (TPSA) is 108 Å². The van der Waals surface area contributed by atoms with E-state index in [-0.39, 0.29) is 12.3 Å². The first kappa shape index (κ1) is 18.7. The normalized spacial score (nSPS) is 24.8. The Hall–Kier alpha value is -1.67. The Morgan fingerprint density at radius 2 is 2.17 bits per heavy atom. The molecule has 0 unspecified atom stereocenters. The standard InChI is InChI=1S/C16H24N2O5S/c1-3-6-16(15(20)21)7-8-18(10-13(16)19)14-5-4-12(9-17-14)11-24(2,22)23/h4-5,9,13,19H,3,6-8,10-11H2,1-2H3,(H,20,21)/t13-,16-/m0/s1. The van der Waals surface area contributed by atoms with E-state index in [1.807, 2.05) is 11.8 Å². The highest BCUT2D eigenvalue weighted by Crippen LogP contribution is 2.37. The van der Waals surface area contributed by atoms with Gasteiger partial charge in [0, 0.05) is 25.5 Å². The average Bonchev–Trinajstić information content (AvgIpc) is 2.48. The molecule has 7 nitrogen and oxygen atoms in total. The van der Waals surface area contributed by atoms with E-state index in [1.165, 1.54) is 12.5 Å². The lowest BCUT2D eigenvalue weighted by Gasteiger charge is -2.43. The first-order valence-electron chi connectivity index (χ1n) is 7.97. The molecule has 1 aliphatic heterocycles. The van der Waals surface area contributed by atoms with Crippen molar-refractivity contribution in [2.75, 3.05) is 24.2 Å². The largest absolute Gasteiger partial charge is 0.481 e. The Kier molecular flexibility index (Phi) is 5.49. The molecule has 2 heterocycles. The molecular formula is C16H24N2O5S. The third-order valence-electron chi connectivity index (χ3n) is 4.54. The molecule has 0 aliphatic carbocycles. The van der Waals surface area contributed by atoms with E-state index in [0.29, 0.717) is 37.2 Å². The van der Waals surface area contributed by atoms with Gasteiger partial charge in [-0.1, -0.05) is 19.4 Å². The average molecular weight is 356 g/mol. The maximum atomic E-state index is 11.6. The summed E-state index contributed by atoms with van der Waals surface area (Å²) in [6.07, 6.45) is 3.19. The Balaban J connectivity index is 2.12. The van der Waals surface area contributed by atoms with Gasteiger partial charge in [0.25, 0.3) is 0 Å². The van der Waals surface area contributed by atoms with E-state index >= 15 is 0 Å². The van der Waals surface area contributed by atoms with Crippen LogP contribution in [0.15, 0.2) is 18.3 Å². The molecule has 0 amide bonds. The summed E-state index contributed by atoms with van der Waals surface area (Å²) in [7, 11) is -3.11. The number of carboxylic acid groups (broad SMARTS) is 1. The number of nitrogens with zero attached hydrogens (tertiary/aromatic N) is 2. The SMILES string of the molecule is CCC[C@]1(C(=O)O)CCN(c2ccc(CS(C)(=O)=O)cn2)C[C@@H]1O. The summed E-state index contributed by atoms with van der Waals surface area (Å²) < 4.78 is 22.6. The molecule has 0 radical (unpaired) electrons. The second-order valence-electron chi connectivity index (χ2n) is 6.52. The molecule has 134 valence electrons. The number of carboxylic acids is 1. The van der Waals surface area contributed by atoms with E-state index in [4.69, 9.17) is 0 Å². The van der Waals surface area contributed by atoms with Gasteiger partial charge in [0.05, 0.1) is 17.3 Å². The summed E-state index contributed by atoms with van der Waals surface area (Å²) >= 11 is 0. The van der Waals surface area contributed by atoms with Gasteiger partial charge in [-0.2, -0.15) is 0 Å². The van der Waals surface area contributed by atoms with Gasteiger partial charge in [0.15, 0.2) is 9.84 Å². The third-order valence-corrected chi connectivity index (χ3v) is 5.40. The molecule has 0 saturated carbocycles. The van der Waals surface area contributed by atoms with Crippen LogP contribution < -0.4 is 4.90 Å². The van der Waals surface area contributed by atoms with Crippen LogP contribution in [-0.2, 0) is 20.4 Å². The van der Waals surface area contributed by atoms with Crippen LogP contribution >= 0.6 is 0 Å². The number of aliphatic carboxylic acids is 1. The van der Waals surface area contributed by atoms with Crippen LogP contribution in [0.25, 0.3) is 0 Å². The Bertz CT molecular complexity index is 689. The lowest BCUT2D eigenvalue weighted by atomic mass is 9.73. The summed E-state index contributed by atoms with van der Waals surface area (Å²) in [5.74, 6) is -0.406.